The molecule has 1 amide bonds. The van der Waals surface area contributed by atoms with Crippen LogP contribution >= 0.6 is 0 Å². The van der Waals surface area contributed by atoms with Crippen LogP contribution in [-0.4, -0.2) is 15.7 Å². The number of carbonyl (C=O) groups is 1. The summed E-state index contributed by atoms with van der Waals surface area (Å²) in [5.41, 5.74) is 6.37. The third-order valence-electron chi connectivity index (χ3n) is 5.43. The van der Waals surface area contributed by atoms with Gasteiger partial charge in [0.2, 0.25) is 5.91 Å². The van der Waals surface area contributed by atoms with Gasteiger partial charge in [0, 0.05) is 18.2 Å². The molecule has 0 fully saturated rings. The molecule has 0 radical (unpaired) electrons. The van der Waals surface area contributed by atoms with Crippen LogP contribution in [0.4, 0.5) is 0 Å². The minimum atomic E-state index is -0.0164. The average molecular weight is 410 g/mol. The highest BCUT2D eigenvalue weighted by atomic mass is 16.1. The maximum absolute atomic E-state index is 12.6. The van der Waals surface area contributed by atoms with Crippen LogP contribution in [0.1, 0.15) is 36.1 Å². The van der Waals surface area contributed by atoms with E-state index in [2.05, 4.69) is 36.5 Å². The van der Waals surface area contributed by atoms with Crippen LogP contribution in [0.5, 0.6) is 0 Å². The van der Waals surface area contributed by atoms with E-state index < -0.39 is 0 Å². The summed E-state index contributed by atoms with van der Waals surface area (Å²) in [6, 6.07) is 28.4. The molecule has 1 aromatic heterocycles. The van der Waals surface area contributed by atoms with E-state index in [0.29, 0.717) is 12.8 Å². The average Bonchev–Trinajstić information content (AvgIpc) is 3.24. The molecule has 156 valence electrons. The van der Waals surface area contributed by atoms with E-state index in [1.807, 2.05) is 78.5 Å². The number of para-hydroxylation sites is 1. The first-order valence-corrected chi connectivity index (χ1v) is 10.7. The lowest BCUT2D eigenvalue weighted by molar-refractivity contribution is -0.121. The maximum Gasteiger partial charge on any atom is 0.220 e. The Bertz CT molecular complexity index is 1130. The van der Waals surface area contributed by atoms with E-state index in [-0.39, 0.29) is 11.9 Å². The molecule has 3 aromatic carbocycles. The fourth-order valence-electron chi connectivity index (χ4n) is 3.65. The van der Waals surface area contributed by atoms with Gasteiger partial charge in [-0.3, -0.25) is 4.79 Å². The molecule has 0 bridgehead atoms. The summed E-state index contributed by atoms with van der Waals surface area (Å²) in [7, 11) is 0. The summed E-state index contributed by atoms with van der Waals surface area (Å²) in [5, 5.41) is 7.96. The van der Waals surface area contributed by atoms with Crippen molar-refractivity contribution >= 4 is 5.91 Å². The molecule has 1 heterocycles. The van der Waals surface area contributed by atoms with Gasteiger partial charge >= 0.3 is 0 Å². The minimum absolute atomic E-state index is 0.0164. The number of nitrogens with zero attached hydrogens (tertiary/aromatic N) is 2. The van der Waals surface area contributed by atoms with Crippen LogP contribution in [0.2, 0.25) is 0 Å². The molecule has 0 saturated heterocycles. The van der Waals surface area contributed by atoms with Crippen molar-refractivity contribution in [3.63, 3.8) is 0 Å². The molecular weight excluding hydrogens is 382 g/mol. The molecular formula is C27H27N3O. The Hall–Kier alpha value is -3.66. The fourth-order valence-corrected chi connectivity index (χ4v) is 3.65. The number of benzene rings is 3. The third kappa shape index (κ3) is 5.10. The highest BCUT2D eigenvalue weighted by Gasteiger charge is 2.15. The van der Waals surface area contributed by atoms with E-state index in [1.165, 1.54) is 5.56 Å². The zero-order chi connectivity index (χ0) is 21.6. The molecule has 0 spiro atoms. The topological polar surface area (TPSA) is 46.9 Å². The van der Waals surface area contributed by atoms with Crippen molar-refractivity contribution in [2.75, 3.05) is 0 Å². The molecule has 1 unspecified atom stereocenters. The predicted molar refractivity (Wildman–Crippen MR) is 125 cm³/mol. The van der Waals surface area contributed by atoms with Gasteiger partial charge in [0.05, 0.1) is 17.4 Å². The lowest BCUT2D eigenvalue weighted by Gasteiger charge is -2.14. The number of nitrogens with one attached hydrogen (secondary N) is 1. The van der Waals surface area contributed by atoms with Gasteiger partial charge < -0.3 is 5.32 Å². The van der Waals surface area contributed by atoms with Crippen LogP contribution < -0.4 is 5.32 Å². The summed E-state index contributed by atoms with van der Waals surface area (Å²) < 4.78 is 1.90. The smallest absolute Gasteiger partial charge is 0.220 e. The zero-order valence-corrected chi connectivity index (χ0v) is 18.0. The molecule has 1 N–H and O–H groups in total. The van der Waals surface area contributed by atoms with Gasteiger partial charge in [0.1, 0.15) is 0 Å². The summed E-state index contributed by atoms with van der Waals surface area (Å²) in [6.07, 6.45) is 3.08. The first kappa shape index (κ1) is 20.6. The Labute approximate surface area is 183 Å². The SMILES string of the molecule is Cc1ccc(-c2nn(-c3ccccc3)cc2CCC(=O)NC(C)c2ccccc2)cc1. The van der Waals surface area contributed by atoms with Gasteiger partial charge in [-0.15, -0.1) is 0 Å². The molecule has 0 aliphatic carbocycles. The first-order valence-electron chi connectivity index (χ1n) is 10.7. The van der Waals surface area contributed by atoms with Crippen LogP contribution in [0.3, 0.4) is 0 Å². The zero-order valence-electron chi connectivity index (χ0n) is 18.0. The van der Waals surface area contributed by atoms with E-state index in [4.69, 9.17) is 5.10 Å². The summed E-state index contributed by atoms with van der Waals surface area (Å²) >= 11 is 0. The van der Waals surface area contributed by atoms with E-state index >= 15 is 0 Å². The molecule has 31 heavy (non-hydrogen) atoms. The van der Waals surface area contributed by atoms with Gasteiger partial charge in [-0.1, -0.05) is 78.4 Å². The van der Waals surface area contributed by atoms with Crippen LogP contribution in [0.15, 0.2) is 91.1 Å². The van der Waals surface area contributed by atoms with Crippen LogP contribution in [-0.2, 0) is 11.2 Å². The van der Waals surface area contributed by atoms with Gasteiger partial charge in [0.15, 0.2) is 0 Å². The van der Waals surface area contributed by atoms with Crippen LogP contribution in [0, 0.1) is 6.92 Å². The number of aromatic nitrogens is 2. The Morgan fingerprint density at radius 1 is 0.935 bits per heavy atom. The van der Waals surface area contributed by atoms with Crippen molar-refractivity contribution in [1.29, 1.82) is 0 Å². The van der Waals surface area contributed by atoms with E-state index in [9.17, 15) is 4.79 Å². The number of rotatable bonds is 7. The lowest BCUT2D eigenvalue weighted by Crippen LogP contribution is -2.26. The van der Waals surface area contributed by atoms with E-state index in [1.54, 1.807) is 0 Å². The maximum atomic E-state index is 12.6. The second kappa shape index (κ2) is 9.43. The van der Waals surface area contributed by atoms with Crippen molar-refractivity contribution in [2.45, 2.75) is 32.7 Å². The molecule has 4 rings (SSSR count). The lowest BCUT2D eigenvalue weighted by atomic mass is 10.0. The molecule has 0 saturated carbocycles. The van der Waals surface area contributed by atoms with Crippen molar-refractivity contribution < 1.29 is 4.79 Å². The minimum Gasteiger partial charge on any atom is -0.350 e. The van der Waals surface area contributed by atoms with E-state index in [0.717, 1.165) is 28.1 Å². The molecule has 4 heteroatoms. The molecule has 0 aliphatic rings. The fraction of sp³-hybridized carbons (Fsp3) is 0.185. The summed E-state index contributed by atoms with van der Waals surface area (Å²) in [6.45, 7) is 4.09. The summed E-state index contributed by atoms with van der Waals surface area (Å²) in [4.78, 5) is 12.6. The molecule has 4 nitrogen and oxygen atoms in total. The molecule has 1 atom stereocenters. The number of carbonyl (C=O) groups excluding carboxylic acids is 1. The monoisotopic (exact) mass is 409 g/mol. The van der Waals surface area contributed by atoms with Gasteiger partial charge in [0.25, 0.3) is 0 Å². The number of hydrogen-bond donors (Lipinski definition) is 1. The van der Waals surface area contributed by atoms with Crippen molar-refractivity contribution in [2.24, 2.45) is 0 Å². The number of hydrogen-bond acceptors (Lipinski definition) is 2. The normalized spacial score (nSPS) is 11.8. The number of amides is 1. The molecule has 4 aromatic rings. The standard InChI is InChI=1S/C27H27N3O/c1-20-13-15-23(16-14-20)27-24(19-30(29-27)25-11-7-4-8-12-25)17-18-26(31)28-21(2)22-9-5-3-6-10-22/h3-16,19,21H,17-18H2,1-2H3,(H,28,31). The largest absolute Gasteiger partial charge is 0.350 e. The van der Waals surface area contributed by atoms with Crippen molar-refractivity contribution in [1.82, 2.24) is 15.1 Å². The van der Waals surface area contributed by atoms with Gasteiger partial charge in [-0.2, -0.15) is 5.10 Å². The van der Waals surface area contributed by atoms with Crippen LogP contribution in [0.25, 0.3) is 16.9 Å². The second-order valence-electron chi connectivity index (χ2n) is 7.85. The third-order valence-corrected chi connectivity index (χ3v) is 5.43. The number of aryl methyl sites for hydroxylation is 2. The Kier molecular flexibility index (Phi) is 6.27. The van der Waals surface area contributed by atoms with Crippen molar-refractivity contribution in [3.05, 3.63) is 108 Å². The first-order chi connectivity index (χ1) is 15.1. The highest BCUT2D eigenvalue weighted by molar-refractivity contribution is 5.77. The summed E-state index contributed by atoms with van der Waals surface area (Å²) in [5.74, 6) is 0.0404. The van der Waals surface area contributed by atoms with Gasteiger partial charge in [-0.25, -0.2) is 4.68 Å². The Morgan fingerprint density at radius 2 is 1.58 bits per heavy atom. The van der Waals surface area contributed by atoms with Gasteiger partial charge in [-0.05, 0) is 43.5 Å². The Morgan fingerprint density at radius 3 is 2.26 bits per heavy atom. The predicted octanol–water partition coefficient (Wildman–Crippen LogP) is 5.66. The molecule has 0 aliphatic heterocycles. The Balaban J connectivity index is 1.53. The quantitative estimate of drug-likeness (QED) is 0.428. The van der Waals surface area contributed by atoms with Crippen molar-refractivity contribution in [3.8, 4) is 16.9 Å². The second-order valence-corrected chi connectivity index (χ2v) is 7.85. The highest BCUT2D eigenvalue weighted by Crippen LogP contribution is 2.25.